The highest BCUT2D eigenvalue weighted by Gasteiger charge is 2.28. The fraction of sp³-hybridized carbons (Fsp3) is 0.143. The van der Waals surface area contributed by atoms with Gasteiger partial charge in [0.2, 0.25) is 5.24 Å². The molecular weight excluding hydrogens is 184 g/mol. The molecule has 0 radical (unpaired) electrons. The van der Waals surface area contributed by atoms with E-state index in [2.05, 4.69) is 0 Å². The van der Waals surface area contributed by atoms with Crippen LogP contribution < -0.4 is 0 Å². The molecule has 1 atom stereocenters. The van der Waals surface area contributed by atoms with Crippen molar-refractivity contribution in [3.8, 4) is 0 Å². The number of carbonyl (C=O) groups is 2. The van der Waals surface area contributed by atoms with E-state index >= 15 is 0 Å². The topological polar surface area (TPSA) is 67.5 Å². The summed E-state index contributed by atoms with van der Waals surface area (Å²) in [4.78, 5) is 21.1. The smallest absolute Gasteiger partial charge is 0.323 e. The van der Waals surface area contributed by atoms with Crippen molar-refractivity contribution in [2.75, 3.05) is 0 Å². The molecule has 0 aliphatic rings. The maximum atomic E-state index is 10.6. The van der Waals surface area contributed by atoms with Crippen LogP contribution in [0.5, 0.6) is 0 Å². The zero-order valence-electron chi connectivity index (χ0n) is 5.86. The van der Waals surface area contributed by atoms with Crippen molar-refractivity contribution in [2.45, 2.75) is 5.92 Å². The Balaban J connectivity index is 2.96. The fourth-order valence-electron chi connectivity index (χ4n) is 0.786. The molecule has 12 heavy (non-hydrogen) atoms. The first-order valence-corrected chi connectivity index (χ1v) is 3.46. The van der Waals surface area contributed by atoms with E-state index in [1.165, 1.54) is 18.4 Å². The number of carbonyl (C=O) groups excluding carboxylic acids is 1. The number of aliphatic carboxylic acids is 1. The molecule has 0 saturated heterocycles. The summed E-state index contributed by atoms with van der Waals surface area (Å²) in [6, 6.07) is 2.88. The molecule has 1 rings (SSSR count). The molecule has 0 fully saturated rings. The normalized spacial score (nSPS) is 12.4. The summed E-state index contributed by atoms with van der Waals surface area (Å²) < 4.78 is 4.73. The Kier molecular flexibility index (Phi) is 2.50. The van der Waals surface area contributed by atoms with Crippen LogP contribution >= 0.6 is 11.6 Å². The molecule has 0 aromatic carbocycles. The minimum absolute atomic E-state index is 0.0440. The lowest BCUT2D eigenvalue weighted by Gasteiger charge is -2.01. The van der Waals surface area contributed by atoms with E-state index in [9.17, 15) is 9.59 Å². The molecule has 1 heterocycles. The Morgan fingerprint density at radius 1 is 1.58 bits per heavy atom. The number of hydrogen-bond acceptors (Lipinski definition) is 3. The van der Waals surface area contributed by atoms with Crippen molar-refractivity contribution in [3.05, 3.63) is 24.2 Å². The molecule has 0 aliphatic heterocycles. The minimum Gasteiger partial charge on any atom is -0.480 e. The molecule has 5 heteroatoms. The lowest BCUT2D eigenvalue weighted by atomic mass is 10.1. The third-order valence-corrected chi connectivity index (χ3v) is 1.52. The zero-order valence-corrected chi connectivity index (χ0v) is 6.62. The van der Waals surface area contributed by atoms with E-state index in [0.717, 1.165) is 0 Å². The molecule has 0 bridgehead atoms. The summed E-state index contributed by atoms with van der Waals surface area (Å²) in [5.74, 6) is -2.67. The predicted molar refractivity (Wildman–Crippen MR) is 39.9 cm³/mol. The van der Waals surface area contributed by atoms with Gasteiger partial charge in [-0.15, -0.1) is 0 Å². The molecule has 4 nitrogen and oxygen atoms in total. The maximum Gasteiger partial charge on any atom is 0.323 e. The summed E-state index contributed by atoms with van der Waals surface area (Å²) in [6.07, 6.45) is 1.28. The monoisotopic (exact) mass is 188 g/mol. The van der Waals surface area contributed by atoms with Crippen molar-refractivity contribution in [2.24, 2.45) is 0 Å². The van der Waals surface area contributed by atoms with E-state index in [0.29, 0.717) is 0 Å². The Morgan fingerprint density at radius 2 is 2.25 bits per heavy atom. The Labute approximate surface area is 72.7 Å². The van der Waals surface area contributed by atoms with Gasteiger partial charge >= 0.3 is 5.97 Å². The molecule has 1 N–H and O–H groups in total. The number of halogens is 1. The van der Waals surface area contributed by atoms with Gasteiger partial charge in [-0.1, -0.05) is 0 Å². The number of carboxylic acid groups (broad SMARTS) is 1. The molecule has 1 aromatic rings. The second kappa shape index (κ2) is 3.40. The van der Waals surface area contributed by atoms with Crippen molar-refractivity contribution in [1.29, 1.82) is 0 Å². The van der Waals surface area contributed by atoms with E-state index in [4.69, 9.17) is 21.1 Å². The molecule has 0 amide bonds. The fourth-order valence-corrected chi connectivity index (χ4v) is 0.987. The van der Waals surface area contributed by atoms with Gasteiger partial charge in [0.25, 0.3) is 0 Å². The Hall–Kier alpha value is -1.29. The third kappa shape index (κ3) is 1.65. The molecule has 1 unspecified atom stereocenters. The van der Waals surface area contributed by atoms with Crippen LogP contribution in [0.2, 0.25) is 0 Å². The summed E-state index contributed by atoms with van der Waals surface area (Å²) >= 11 is 5.05. The van der Waals surface area contributed by atoms with Gasteiger partial charge in [-0.05, 0) is 23.7 Å². The van der Waals surface area contributed by atoms with Gasteiger partial charge in [-0.3, -0.25) is 9.59 Å². The quantitative estimate of drug-likeness (QED) is 0.572. The van der Waals surface area contributed by atoms with Gasteiger partial charge < -0.3 is 9.52 Å². The molecule has 0 spiro atoms. The Morgan fingerprint density at radius 3 is 2.58 bits per heavy atom. The highest BCUT2D eigenvalue weighted by molar-refractivity contribution is 6.66. The first-order chi connectivity index (χ1) is 5.63. The van der Waals surface area contributed by atoms with Gasteiger partial charge in [0.1, 0.15) is 5.76 Å². The second-order valence-corrected chi connectivity index (χ2v) is 2.46. The second-order valence-electron chi connectivity index (χ2n) is 2.09. The largest absolute Gasteiger partial charge is 0.480 e. The molecule has 0 aliphatic carbocycles. The van der Waals surface area contributed by atoms with Gasteiger partial charge in [-0.25, -0.2) is 0 Å². The zero-order chi connectivity index (χ0) is 9.14. The van der Waals surface area contributed by atoms with Crippen LogP contribution in [-0.2, 0) is 9.59 Å². The molecule has 64 valence electrons. The lowest BCUT2D eigenvalue weighted by Crippen LogP contribution is -2.16. The van der Waals surface area contributed by atoms with Crippen LogP contribution in [0.1, 0.15) is 11.7 Å². The SMILES string of the molecule is O=C(O)C(C(=O)Cl)c1ccco1. The van der Waals surface area contributed by atoms with E-state index in [-0.39, 0.29) is 5.76 Å². The highest BCUT2D eigenvalue weighted by Crippen LogP contribution is 2.19. The average molecular weight is 189 g/mol. The number of carboxylic acids is 1. The predicted octanol–water partition coefficient (Wildman–Crippen LogP) is 1.21. The van der Waals surface area contributed by atoms with Crippen molar-refractivity contribution >= 4 is 22.8 Å². The van der Waals surface area contributed by atoms with Crippen LogP contribution in [0, 0.1) is 0 Å². The van der Waals surface area contributed by atoms with Crippen molar-refractivity contribution in [1.82, 2.24) is 0 Å². The average Bonchev–Trinajstić information content (AvgIpc) is 2.37. The highest BCUT2D eigenvalue weighted by atomic mass is 35.5. The first kappa shape index (κ1) is 8.80. The summed E-state index contributed by atoms with van der Waals surface area (Å²) in [7, 11) is 0. The van der Waals surface area contributed by atoms with Gasteiger partial charge in [0, 0.05) is 0 Å². The number of furan rings is 1. The molecule has 1 aromatic heterocycles. The van der Waals surface area contributed by atoms with Gasteiger partial charge in [-0.2, -0.15) is 0 Å². The van der Waals surface area contributed by atoms with Crippen LogP contribution in [-0.4, -0.2) is 16.3 Å². The lowest BCUT2D eigenvalue weighted by molar-refractivity contribution is -0.141. The number of rotatable bonds is 3. The minimum atomic E-state index is -1.40. The van der Waals surface area contributed by atoms with Crippen LogP contribution in [0.25, 0.3) is 0 Å². The standard InChI is InChI=1S/C7H5ClO4/c8-6(9)5(7(10)11)4-2-1-3-12-4/h1-3,5H,(H,10,11). The van der Waals surface area contributed by atoms with Crippen LogP contribution in [0.15, 0.2) is 22.8 Å². The van der Waals surface area contributed by atoms with Crippen LogP contribution in [0.4, 0.5) is 0 Å². The summed E-state index contributed by atoms with van der Waals surface area (Å²) in [5, 5.41) is 7.59. The van der Waals surface area contributed by atoms with E-state index < -0.39 is 17.1 Å². The molecule has 0 saturated carbocycles. The third-order valence-electron chi connectivity index (χ3n) is 1.30. The first-order valence-electron chi connectivity index (χ1n) is 3.08. The van der Waals surface area contributed by atoms with Gasteiger partial charge in [0.15, 0.2) is 5.92 Å². The van der Waals surface area contributed by atoms with E-state index in [1.807, 2.05) is 0 Å². The maximum absolute atomic E-state index is 10.6. The van der Waals surface area contributed by atoms with Crippen molar-refractivity contribution in [3.63, 3.8) is 0 Å². The van der Waals surface area contributed by atoms with Crippen LogP contribution in [0.3, 0.4) is 0 Å². The van der Waals surface area contributed by atoms with Crippen molar-refractivity contribution < 1.29 is 19.1 Å². The summed E-state index contributed by atoms with van der Waals surface area (Å²) in [5.41, 5.74) is 0. The van der Waals surface area contributed by atoms with E-state index in [1.54, 1.807) is 0 Å². The van der Waals surface area contributed by atoms with Gasteiger partial charge in [0.05, 0.1) is 6.26 Å². The number of hydrogen-bond donors (Lipinski definition) is 1. The summed E-state index contributed by atoms with van der Waals surface area (Å²) in [6.45, 7) is 0. The Bertz CT molecular complexity index is 276. The molecular formula is C7H5ClO4.